The normalized spacial score (nSPS) is 9.67. The van der Waals surface area contributed by atoms with Crippen LogP contribution in [-0.4, -0.2) is 19.1 Å². The summed E-state index contributed by atoms with van der Waals surface area (Å²) in [4.78, 5) is 11.4. The molecule has 0 spiro atoms. The Balaban J connectivity index is 2.54. The summed E-state index contributed by atoms with van der Waals surface area (Å²) in [5, 5.41) is 10.9. The fourth-order valence-electron chi connectivity index (χ4n) is 1.27. The second-order valence-electron chi connectivity index (χ2n) is 3.60. The van der Waals surface area contributed by atoms with Crippen LogP contribution in [-0.2, 0) is 4.79 Å². The third-order valence-electron chi connectivity index (χ3n) is 2.05. The van der Waals surface area contributed by atoms with Gasteiger partial charge in [0.25, 0.3) is 5.91 Å². The van der Waals surface area contributed by atoms with Gasteiger partial charge in [-0.2, -0.15) is 5.26 Å². The lowest BCUT2D eigenvalue weighted by molar-refractivity contribution is -0.123. The maximum Gasteiger partial charge on any atom is 0.257 e. The molecule has 1 aromatic carbocycles. The zero-order chi connectivity index (χ0) is 13.5. The third kappa shape index (κ3) is 4.67. The van der Waals surface area contributed by atoms with E-state index in [1.54, 1.807) is 0 Å². The second-order valence-corrected chi connectivity index (χ2v) is 5.31. The number of carbonyl (C=O) groups excluding carboxylic acids is 1. The molecular weight excluding hydrogens is 364 g/mol. The molecular formula is C12H12Br2N2O2. The van der Waals surface area contributed by atoms with Crippen molar-refractivity contribution in [2.45, 2.75) is 13.3 Å². The van der Waals surface area contributed by atoms with E-state index in [1.165, 1.54) is 0 Å². The lowest BCUT2D eigenvalue weighted by atomic mass is 10.2. The Morgan fingerprint density at radius 1 is 1.44 bits per heavy atom. The number of halogens is 2. The fraction of sp³-hybridized carbons (Fsp3) is 0.333. The molecule has 96 valence electrons. The molecule has 1 rings (SSSR count). The predicted octanol–water partition coefficient (Wildman–Crippen LogP) is 2.93. The van der Waals surface area contributed by atoms with E-state index in [0.29, 0.717) is 18.7 Å². The number of carbonyl (C=O) groups is 1. The van der Waals surface area contributed by atoms with Crippen LogP contribution in [0.2, 0.25) is 0 Å². The van der Waals surface area contributed by atoms with Crippen molar-refractivity contribution in [1.29, 1.82) is 5.26 Å². The molecule has 0 saturated carbocycles. The van der Waals surface area contributed by atoms with Crippen molar-refractivity contribution in [3.8, 4) is 11.8 Å². The lowest BCUT2D eigenvalue weighted by Crippen LogP contribution is -2.29. The zero-order valence-corrected chi connectivity index (χ0v) is 13.0. The molecule has 0 saturated heterocycles. The Labute approximate surface area is 123 Å². The van der Waals surface area contributed by atoms with E-state index in [9.17, 15) is 4.79 Å². The number of aryl methyl sites for hydroxylation is 1. The topological polar surface area (TPSA) is 62.1 Å². The predicted molar refractivity (Wildman–Crippen MR) is 75.3 cm³/mol. The first-order chi connectivity index (χ1) is 8.54. The number of ether oxygens (including phenoxy) is 1. The first-order valence-electron chi connectivity index (χ1n) is 5.26. The monoisotopic (exact) mass is 374 g/mol. The average molecular weight is 376 g/mol. The molecule has 0 aliphatic carbocycles. The molecule has 4 nitrogen and oxygen atoms in total. The Hall–Kier alpha value is -1.06. The summed E-state index contributed by atoms with van der Waals surface area (Å²) >= 11 is 6.76. The Kier molecular flexibility index (Phi) is 6.16. The van der Waals surface area contributed by atoms with Crippen molar-refractivity contribution in [1.82, 2.24) is 5.32 Å². The van der Waals surface area contributed by atoms with Crippen LogP contribution in [0.15, 0.2) is 21.1 Å². The summed E-state index contributed by atoms with van der Waals surface area (Å²) in [5.41, 5.74) is 1.08. The van der Waals surface area contributed by atoms with E-state index >= 15 is 0 Å². The van der Waals surface area contributed by atoms with Crippen LogP contribution in [0.1, 0.15) is 12.0 Å². The smallest absolute Gasteiger partial charge is 0.257 e. The van der Waals surface area contributed by atoms with E-state index in [-0.39, 0.29) is 12.5 Å². The van der Waals surface area contributed by atoms with E-state index in [0.717, 1.165) is 14.5 Å². The van der Waals surface area contributed by atoms with Gasteiger partial charge in [-0.25, -0.2) is 0 Å². The van der Waals surface area contributed by atoms with Gasteiger partial charge >= 0.3 is 0 Å². The van der Waals surface area contributed by atoms with Gasteiger partial charge in [-0.05, 0) is 56.5 Å². The molecule has 1 amide bonds. The van der Waals surface area contributed by atoms with Gasteiger partial charge in [0, 0.05) is 6.54 Å². The molecule has 0 aliphatic heterocycles. The van der Waals surface area contributed by atoms with Crippen molar-refractivity contribution < 1.29 is 9.53 Å². The Morgan fingerprint density at radius 3 is 2.61 bits per heavy atom. The number of nitrogens with zero attached hydrogens (tertiary/aromatic N) is 1. The summed E-state index contributed by atoms with van der Waals surface area (Å²) in [7, 11) is 0. The summed E-state index contributed by atoms with van der Waals surface area (Å²) in [6.45, 7) is 2.23. The SMILES string of the molecule is Cc1cc(Br)c(OCC(=O)NCCC#N)c(Br)c1. The zero-order valence-electron chi connectivity index (χ0n) is 9.80. The first-order valence-corrected chi connectivity index (χ1v) is 6.85. The van der Waals surface area contributed by atoms with Gasteiger partial charge < -0.3 is 10.1 Å². The Morgan fingerprint density at radius 2 is 2.06 bits per heavy atom. The minimum atomic E-state index is -0.246. The molecule has 0 bridgehead atoms. The second kappa shape index (κ2) is 7.39. The molecule has 0 atom stereocenters. The summed E-state index contributed by atoms with van der Waals surface area (Å²) in [6, 6.07) is 5.77. The van der Waals surface area contributed by atoms with E-state index in [4.69, 9.17) is 10.00 Å². The minimum Gasteiger partial charge on any atom is -0.481 e. The lowest BCUT2D eigenvalue weighted by Gasteiger charge is -2.11. The largest absolute Gasteiger partial charge is 0.481 e. The number of hydrogen-bond donors (Lipinski definition) is 1. The molecule has 1 aromatic rings. The van der Waals surface area contributed by atoms with Crippen LogP contribution < -0.4 is 10.1 Å². The minimum absolute atomic E-state index is 0.0777. The number of amides is 1. The van der Waals surface area contributed by atoms with Crippen LogP contribution in [0.25, 0.3) is 0 Å². The summed E-state index contributed by atoms with van der Waals surface area (Å²) in [5.74, 6) is 0.348. The van der Waals surface area contributed by atoms with Gasteiger partial charge in [-0.1, -0.05) is 0 Å². The first kappa shape index (κ1) is 15.0. The van der Waals surface area contributed by atoms with E-state index < -0.39 is 0 Å². The Bertz CT molecular complexity index is 460. The number of hydrogen-bond acceptors (Lipinski definition) is 3. The van der Waals surface area contributed by atoms with Gasteiger partial charge in [-0.15, -0.1) is 0 Å². The van der Waals surface area contributed by atoms with Crippen molar-refractivity contribution >= 4 is 37.8 Å². The highest BCUT2D eigenvalue weighted by atomic mass is 79.9. The van der Waals surface area contributed by atoms with Crippen LogP contribution in [0, 0.1) is 18.3 Å². The van der Waals surface area contributed by atoms with Gasteiger partial charge in [0.05, 0.1) is 21.4 Å². The molecule has 18 heavy (non-hydrogen) atoms. The maximum atomic E-state index is 11.4. The molecule has 0 aromatic heterocycles. The van der Waals surface area contributed by atoms with Crippen LogP contribution in [0.5, 0.6) is 5.75 Å². The highest BCUT2D eigenvalue weighted by Gasteiger charge is 2.09. The van der Waals surface area contributed by atoms with Crippen molar-refractivity contribution in [3.63, 3.8) is 0 Å². The molecule has 0 aliphatic rings. The van der Waals surface area contributed by atoms with E-state index in [1.807, 2.05) is 25.1 Å². The number of nitriles is 1. The number of rotatable bonds is 5. The van der Waals surface area contributed by atoms with Gasteiger partial charge in [-0.3, -0.25) is 4.79 Å². The van der Waals surface area contributed by atoms with Crippen LogP contribution in [0.4, 0.5) is 0 Å². The molecule has 0 radical (unpaired) electrons. The molecule has 0 fully saturated rings. The molecule has 6 heteroatoms. The average Bonchev–Trinajstić information content (AvgIpc) is 2.27. The third-order valence-corrected chi connectivity index (χ3v) is 3.23. The highest BCUT2D eigenvalue weighted by molar-refractivity contribution is 9.11. The van der Waals surface area contributed by atoms with Crippen LogP contribution >= 0.6 is 31.9 Å². The van der Waals surface area contributed by atoms with Gasteiger partial charge in [0.1, 0.15) is 5.75 Å². The quantitative estimate of drug-likeness (QED) is 0.805. The summed E-state index contributed by atoms with van der Waals surface area (Å²) < 4.78 is 7.01. The van der Waals surface area contributed by atoms with Crippen molar-refractivity contribution in [2.75, 3.05) is 13.2 Å². The van der Waals surface area contributed by atoms with Gasteiger partial charge in [0.2, 0.25) is 0 Å². The molecule has 0 heterocycles. The summed E-state index contributed by atoms with van der Waals surface area (Å²) in [6.07, 6.45) is 0.295. The van der Waals surface area contributed by atoms with Crippen LogP contribution in [0.3, 0.4) is 0 Å². The van der Waals surface area contributed by atoms with Crippen molar-refractivity contribution in [2.24, 2.45) is 0 Å². The standard InChI is InChI=1S/C12H12Br2N2O2/c1-8-5-9(13)12(10(14)6-8)18-7-11(17)16-4-2-3-15/h5-6H,2,4,7H2,1H3,(H,16,17). The number of benzene rings is 1. The van der Waals surface area contributed by atoms with Crippen molar-refractivity contribution in [3.05, 3.63) is 26.6 Å². The molecule has 1 N–H and O–H groups in total. The molecule has 0 unspecified atom stereocenters. The number of nitrogens with one attached hydrogen (secondary N) is 1. The highest BCUT2D eigenvalue weighted by Crippen LogP contribution is 2.34. The van der Waals surface area contributed by atoms with Gasteiger partial charge in [0.15, 0.2) is 6.61 Å². The van der Waals surface area contributed by atoms with E-state index in [2.05, 4.69) is 37.2 Å². The fourth-order valence-corrected chi connectivity index (χ4v) is 2.92. The maximum absolute atomic E-state index is 11.4.